The summed E-state index contributed by atoms with van der Waals surface area (Å²) in [6.45, 7) is 1.16. The molecule has 0 N–H and O–H groups in total. The van der Waals surface area contributed by atoms with Crippen LogP contribution >= 0.6 is 11.3 Å². The predicted molar refractivity (Wildman–Crippen MR) is 104 cm³/mol. The zero-order valence-corrected chi connectivity index (χ0v) is 16.8. The largest absolute Gasteiger partial charge is 0.456 e. The first-order valence-corrected chi connectivity index (χ1v) is 11.1. The van der Waals surface area contributed by atoms with E-state index in [9.17, 15) is 18.0 Å². The maximum atomic E-state index is 12.6. The van der Waals surface area contributed by atoms with Crippen LogP contribution in [0, 0.1) is 0 Å². The van der Waals surface area contributed by atoms with Crippen LogP contribution in [-0.4, -0.2) is 54.4 Å². The van der Waals surface area contributed by atoms with Gasteiger partial charge in [-0.2, -0.15) is 4.31 Å². The lowest BCUT2D eigenvalue weighted by Gasteiger charge is -2.26. The molecule has 2 aromatic heterocycles. The molecule has 0 aliphatic carbocycles. The van der Waals surface area contributed by atoms with Gasteiger partial charge in [0.2, 0.25) is 10.0 Å². The molecule has 0 amide bonds. The lowest BCUT2D eigenvalue weighted by atomic mass is 10.2. The van der Waals surface area contributed by atoms with Gasteiger partial charge in [0.1, 0.15) is 6.61 Å². The number of carbonyl (C=O) groups is 1. The van der Waals surface area contributed by atoms with E-state index in [2.05, 4.69) is 4.98 Å². The Bertz CT molecular complexity index is 1190. The van der Waals surface area contributed by atoms with Crippen molar-refractivity contribution in [1.82, 2.24) is 13.7 Å². The standard InChI is InChI=1S/C18H17N3O6S2/c22-16-11-14(19-18-21(16)7-10-28-18)12-27-17(23)13-1-3-15(4-2-13)29(24,25)20-5-8-26-9-6-20/h1-4,7,10-11H,5-6,8-9,12H2. The van der Waals surface area contributed by atoms with E-state index in [4.69, 9.17) is 9.47 Å². The van der Waals surface area contributed by atoms with Crippen molar-refractivity contribution >= 4 is 32.3 Å². The number of morpholine rings is 1. The minimum atomic E-state index is -3.62. The number of benzene rings is 1. The third-order valence-corrected chi connectivity index (χ3v) is 7.07. The molecule has 3 heterocycles. The van der Waals surface area contributed by atoms with Crippen molar-refractivity contribution in [2.45, 2.75) is 11.5 Å². The Morgan fingerprint density at radius 3 is 2.66 bits per heavy atom. The van der Waals surface area contributed by atoms with Crippen LogP contribution in [0.4, 0.5) is 0 Å². The highest BCUT2D eigenvalue weighted by Gasteiger charge is 2.26. The molecule has 0 saturated carbocycles. The number of aromatic nitrogens is 2. The zero-order chi connectivity index (χ0) is 20.4. The van der Waals surface area contributed by atoms with Crippen molar-refractivity contribution in [2.75, 3.05) is 26.3 Å². The molecular weight excluding hydrogens is 418 g/mol. The fourth-order valence-corrected chi connectivity index (χ4v) is 5.03. The number of esters is 1. The molecule has 29 heavy (non-hydrogen) atoms. The molecule has 1 aliphatic heterocycles. The van der Waals surface area contributed by atoms with E-state index < -0.39 is 16.0 Å². The van der Waals surface area contributed by atoms with E-state index in [1.165, 1.54) is 50.4 Å². The second-order valence-electron chi connectivity index (χ2n) is 6.26. The summed E-state index contributed by atoms with van der Waals surface area (Å²) in [5.74, 6) is -0.631. The maximum absolute atomic E-state index is 12.6. The molecule has 4 rings (SSSR count). The summed E-state index contributed by atoms with van der Waals surface area (Å²) in [6.07, 6.45) is 1.62. The molecule has 11 heteroatoms. The second-order valence-corrected chi connectivity index (χ2v) is 9.07. The fourth-order valence-electron chi connectivity index (χ4n) is 2.88. The molecule has 1 aromatic carbocycles. The summed E-state index contributed by atoms with van der Waals surface area (Å²) in [5, 5.41) is 1.74. The van der Waals surface area contributed by atoms with E-state index in [0.717, 1.165) is 0 Å². The summed E-state index contributed by atoms with van der Waals surface area (Å²) in [5.41, 5.74) is 0.303. The zero-order valence-electron chi connectivity index (χ0n) is 15.2. The lowest BCUT2D eigenvalue weighted by Crippen LogP contribution is -2.40. The fraction of sp³-hybridized carbons (Fsp3) is 0.278. The first-order chi connectivity index (χ1) is 13.9. The maximum Gasteiger partial charge on any atom is 0.338 e. The van der Waals surface area contributed by atoms with Gasteiger partial charge in [0.25, 0.3) is 5.56 Å². The number of rotatable bonds is 5. The van der Waals surface area contributed by atoms with E-state index in [-0.39, 0.29) is 22.6 Å². The molecule has 3 aromatic rings. The number of sulfonamides is 1. The average Bonchev–Trinajstić information content (AvgIpc) is 3.22. The Labute approximate surface area is 170 Å². The van der Waals surface area contributed by atoms with E-state index in [1.807, 2.05) is 0 Å². The number of thiazole rings is 1. The smallest absolute Gasteiger partial charge is 0.338 e. The number of fused-ring (bicyclic) bond motifs is 1. The molecule has 0 radical (unpaired) electrons. The Hall–Kier alpha value is -2.60. The molecule has 152 valence electrons. The van der Waals surface area contributed by atoms with Crippen LogP contribution in [0.15, 0.2) is 51.6 Å². The minimum Gasteiger partial charge on any atom is -0.456 e. The number of ether oxygens (including phenoxy) is 2. The van der Waals surface area contributed by atoms with Gasteiger partial charge >= 0.3 is 5.97 Å². The second kappa shape index (κ2) is 8.03. The molecular formula is C18H17N3O6S2. The van der Waals surface area contributed by atoms with Crippen LogP contribution in [0.5, 0.6) is 0 Å². The lowest BCUT2D eigenvalue weighted by molar-refractivity contribution is 0.0467. The SMILES string of the molecule is O=C(OCc1cc(=O)n2ccsc2n1)c1ccc(S(=O)(=O)N2CCOCC2)cc1. The Balaban J connectivity index is 1.44. The van der Waals surface area contributed by atoms with Gasteiger partial charge < -0.3 is 9.47 Å². The van der Waals surface area contributed by atoms with E-state index in [1.54, 1.807) is 11.6 Å². The molecule has 1 saturated heterocycles. The molecule has 0 bridgehead atoms. The van der Waals surface area contributed by atoms with Gasteiger partial charge in [-0.3, -0.25) is 9.20 Å². The highest BCUT2D eigenvalue weighted by atomic mass is 32.2. The van der Waals surface area contributed by atoms with Crippen LogP contribution in [0.1, 0.15) is 16.1 Å². The summed E-state index contributed by atoms with van der Waals surface area (Å²) in [4.78, 5) is 29.1. The van der Waals surface area contributed by atoms with Gasteiger partial charge in [-0.1, -0.05) is 0 Å². The van der Waals surface area contributed by atoms with Gasteiger partial charge in [-0.15, -0.1) is 11.3 Å². The summed E-state index contributed by atoms with van der Waals surface area (Å²) in [7, 11) is -3.62. The van der Waals surface area contributed by atoms with E-state index in [0.29, 0.717) is 37.0 Å². The first-order valence-electron chi connectivity index (χ1n) is 8.76. The summed E-state index contributed by atoms with van der Waals surface area (Å²) in [6, 6.07) is 6.87. The van der Waals surface area contributed by atoms with Crippen LogP contribution in [0.25, 0.3) is 4.96 Å². The highest BCUT2D eigenvalue weighted by molar-refractivity contribution is 7.89. The molecule has 1 fully saturated rings. The highest BCUT2D eigenvalue weighted by Crippen LogP contribution is 2.18. The Morgan fingerprint density at radius 2 is 1.93 bits per heavy atom. The molecule has 1 aliphatic rings. The summed E-state index contributed by atoms with van der Waals surface area (Å²) < 4.78 is 38.4. The predicted octanol–water partition coefficient (Wildman–Crippen LogP) is 1.13. The topological polar surface area (TPSA) is 107 Å². The van der Waals surface area contributed by atoms with Crippen LogP contribution < -0.4 is 5.56 Å². The quantitative estimate of drug-likeness (QED) is 0.553. The van der Waals surface area contributed by atoms with Gasteiger partial charge in [0.05, 0.1) is 29.4 Å². The molecule has 9 nitrogen and oxygen atoms in total. The number of hydrogen-bond donors (Lipinski definition) is 0. The van der Waals surface area contributed by atoms with Crippen molar-refractivity contribution in [3.05, 3.63) is 63.5 Å². The van der Waals surface area contributed by atoms with E-state index >= 15 is 0 Å². The van der Waals surface area contributed by atoms with Gasteiger partial charge in [-0.25, -0.2) is 18.2 Å². The Morgan fingerprint density at radius 1 is 1.21 bits per heavy atom. The van der Waals surface area contributed by atoms with Crippen LogP contribution in [0.3, 0.4) is 0 Å². The van der Waals surface area contributed by atoms with Gasteiger partial charge in [0, 0.05) is 30.7 Å². The molecule has 0 atom stereocenters. The van der Waals surface area contributed by atoms with Crippen molar-refractivity contribution < 1.29 is 22.7 Å². The normalized spacial score (nSPS) is 15.4. The van der Waals surface area contributed by atoms with Gasteiger partial charge in [-0.05, 0) is 24.3 Å². The third kappa shape index (κ3) is 4.08. The average molecular weight is 435 g/mol. The van der Waals surface area contributed by atoms with Crippen LogP contribution in [-0.2, 0) is 26.1 Å². The van der Waals surface area contributed by atoms with Gasteiger partial charge in [0.15, 0.2) is 4.96 Å². The Kier molecular flexibility index (Phi) is 5.46. The molecule has 0 unspecified atom stereocenters. The monoisotopic (exact) mass is 435 g/mol. The minimum absolute atomic E-state index is 0.105. The summed E-state index contributed by atoms with van der Waals surface area (Å²) >= 11 is 1.30. The first kappa shape index (κ1) is 19.7. The number of hydrogen-bond acceptors (Lipinski definition) is 8. The van der Waals surface area contributed by atoms with Crippen molar-refractivity contribution in [3.63, 3.8) is 0 Å². The van der Waals surface area contributed by atoms with Crippen LogP contribution in [0.2, 0.25) is 0 Å². The number of carbonyl (C=O) groups excluding carboxylic acids is 1. The molecule has 0 spiro atoms. The third-order valence-electron chi connectivity index (χ3n) is 4.41. The van der Waals surface area contributed by atoms with Crippen molar-refractivity contribution in [2.24, 2.45) is 0 Å². The van der Waals surface area contributed by atoms with Crippen molar-refractivity contribution in [3.8, 4) is 0 Å². The number of nitrogens with zero attached hydrogens (tertiary/aromatic N) is 3. The van der Waals surface area contributed by atoms with Crippen molar-refractivity contribution in [1.29, 1.82) is 0 Å².